The number of nitrogens with one attached hydrogen (secondary N) is 1. The van der Waals surface area contributed by atoms with Gasteiger partial charge in [-0.1, -0.05) is 30.3 Å². The zero-order valence-electron chi connectivity index (χ0n) is 14.6. The van der Waals surface area contributed by atoms with Crippen LogP contribution >= 0.6 is 0 Å². The molecule has 3 rings (SSSR count). The van der Waals surface area contributed by atoms with Gasteiger partial charge in [-0.3, -0.25) is 9.59 Å². The van der Waals surface area contributed by atoms with E-state index >= 15 is 0 Å². The molecule has 0 saturated heterocycles. The van der Waals surface area contributed by atoms with Gasteiger partial charge in [-0.15, -0.1) is 5.10 Å². The van der Waals surface area contributed by atoms with Crippen molar-refractivity contribution in [3.05, 3.63) is 88.5 Å². The van der Waals surface area contributed by atoms with Crippen molar-refractivity contribution in [1.82, 2.24) is 15.1 Å². The average Bonchev–Trinajstić information content (AvgIpc) is 2.69. The standard InChI is InChI=1S/C20H18FN3O3/c1-14(20(26)22-13-15-5-3-2-4-6-15)27-18-11-12-19(25)24(23-18)17-9-7-16(21)8-10-17/h2-12,14H,13H2,1H3,(H,22,26). The normalized spacial score (nSPS) is 11.6. The number of halogens is 1. The van der Waals surface area contributed by atoms with E-state index in [9.17, 15) is 14.0 Å². The van der Waals surface area contributed by atoms with Crippen molar-refractivity contribution in [3.8, 4) is 11.6 Å². The van der Waals surface area contributed by atoms with Crippen LogP contribution in [0.2, 0.25) is 0 Å². The van der Waals surface area contributed by atoms with Crippen LogP contribution in [0.25, 0.3) is 5.69 Å². The monoisotopic (exact) mass is 367 g/mol. The number of aromatic nitrogens is 2. The van der Waals surface area contributed by atoms with Crippen LogP contribution in [-0.2, 0) is 11.3 Å². The highest BCUT2D eigenvalue weighted by atomic mass is 19.1. The molecule has 0 aliphatic carbocycles. The summed E-state index contributed by atoms with van der Waals surface area (Å²) in [6.07, 6.45) is -0.805. The second-order valence-corrected chi connectivity index (χ2v) is 5.86. The highest BCUT2D eigenvalue weighted by Crippen LogP contribution is 2.10. The fourth-order valence-corrected chi connectivity index (χ4v) is 2.39. The number of ether oxygens (including phenoxy) is 1. The van der Waals surface area contributed by atoms with E-state index in [4.69, 9.17) is 4.74 Å². The van der Waals surface area contributed by atoms with Gasteiger partial charge in [0.05, 0.1) is 5.69 Å². The highest BCUT2D eigenvalue weighted by Gasteiger charge is 2.16. The number of carbonyl (C=O) groups excluding carboxylic acids is 1. The number of carbonyl (C=O) groups is 1. The van der Waals surface area contributed by atoms with Crippen LogP contribution in [0.1, 0.15) is 12.5 Å². The fourth-order valence-electron chi connectivity index (χ4n) is 2.39. The van der Waals surface area contributed by atoms with E-state index in [1.807, 2.05) is 30.3 Å². The molecule has 3 aromatic rings. The summed E-state index contributed by atoms with van der Waals surface area (Å²) in [7, 11) is 0. The van der Waals surface area contributed by atoms with Gasteiger partial charge in [0.2, 0.25) is 5.88 Å². The average molecular weight is 367 g/mol. The van der Waals surface area contributed by atoms with Gasteiger partial charge < -0.3 is 10.1 Å². The third kappa shape index (κ3) is 4.78. The predicted molar refractivity (Wildman–Crippen MR) is 98.2 cm³/mol. The Morgan fingerprint density at radius 3 is 2.52 bits per heavy atom. The first-order valence-electron chi connectivity index (χ1n) is 8.37. The molecule has 2 aromatic carbocycles. The van der Waals surface area contributed by atoms with E-state index in [1.165, 1.54) is 36.4 Å². The molecule has 0 aliphatic rings. The van der Waals surface area contributed by atoms with Gasteiger partial charge in [-0.05, 0) is 36.8 Å². The molecule has 0 spiro atoms. The Morgan fingerprint density at radius 2 is 1.81 bits per heavy atom. The molecule has 0 bridgehead atoms. The van der Waals surface area contributed by atoms with Gasteiger partial charge in [-0.25, -0.2) is 4.39 Å². The van der Waals surface area contributed by atoms with Gasteiger partial charge in [-0.2, -0.15) is 4.68 Å². The molecule has 7 heteroatoms. The van der Waals surface area contributed by atoms with Crippen molar-refractivity contribution in [2.45, 2.75) is 19.6 Å². The molecule has 1 N–H and O–H groups in total. The van der Waals surface area contributed by atoms with Crippen LogP contribution in [0.3, 0.4) is 0 Å². The van der Waals surface area contributed by atoms with Gasteiger partial charge in [0, 0.05) is 18.7 Å². The molecule has 0 aliphatic heterocycles. The van der Waals surface area contributed by atoms with E-state index in [0.29, 0.717) is 12.2 Å². The topological polar surface area (TPSA) is 73.2 Å². The molecule has 138 valence electrons. The van der Waals surface area contributed by atoms with Crippen molar-refractivity contribution < 1.29 is 13.9 Å². The maximum atomic E-state index is 13.1. The van der Waals surface area contributed by atoms with Crippen LogP contribution in [0.4, 0.5) is 4.39 Å². The molecular formula is C20H18FN3O3. The minimum absolute atomic E-state index is 0.112. The number of benzene rings is 2. The summed E-state index contributed by atoms with van der Waals surface area (Å²) in [5, 5.41) is 6.87. The first-order valence-corrected chi connectivity index (χ1v) is 8.37. The summed E-state index contributed by atoms with van der Waals surface area (Å²) in [5.74, 6) is -0.607. The summed E-state index contributed by atoms with van der Waals surface area (Å²) in [4.78, 5) is 24.2. The molecule has 1 aromatic heterocycles. The minimum atomic E-state index is -0.805. The first-order chi connectivity index (χ1) is 13.0. The van der Waals surface area contributed by atoms with Crippen LogP contribution in [-0.4, -0.2) is 21.8 Å². The molecule has 1 atom stereocenters. The lowest BCUT2D eigenvalue weighted by atomic mass is 10.2. The Bertz CT molecular complexity index is 972. The van der Waals surface area contributed by atoms with E-state index in [1.54, 1.807) is 6.92 Å². The molecule has 0 saturated carbocycles. The van der Waals surface area contributed by atoms with Crippen molar-refractivity contribution in [1.29, 1.82) is 0 Å². The zero-order valence-corrected chi connectivity index (χ0v) is 14.6. The molecule has 0 fully saturated rings. The van der Waals surface area contributed by atoms with Crippen LogP contribution in [0.15, 0.2) is 71.5 Å². The SMILES string of the molecule is CC(Oc1ccc(=O)n(-c2ccc(F)cc2)n1)C(=O)NCc1ccccc1. The quantitative estimate of drug-likeness (QED) is 0.726. The van der Waals surface area contributed by atoms with Gasteiger partial charge in [0.25, 0.3) is 11.5 Å². The Labute approximate surface area is 155 Å². The van der Waals surface area contributed by atoms with E-state index in [-0.39, 0.29) is 11.8 Å². The molecule has 6 nitrogen and oxygen atoms in total. The van der Waals surface area contributed by atoms with Crippen LogP contribution in [0, 0.1) is 5.82 Å². The number of amides is 1. The largest absolute Gasteiger partial charge is 0.464 e. The number of nitrogens with zero attached hydrogens (tertiary/aromatic N) is 2. The summed E-state index contributed by atoms with van der Waals surface area (Å²) in [5.41, 5.74) is 0.976. The third-order valence-electron chi connectivity index (χ3n) is 3.82. The van der Waals surface area contributed by atoms with Crippen molar-refractivity contribution >= 4 is 5.91 Å². The number of rotatable bonds is 6. The lowest BCUT2D eigenvalue weighted by molar-refractivity contribution is -0.127. The highest BCUT2D eigenvalue weighted by molar-refractivity contribution is 5.80. The lowest BCUT2D eigenvalue weighted by Crippen LogP contribution is -2.36. The van der Waals surface area contributed by atoms with Crippen molar-refractivity contribution in [2.75, 3.05) is 0 Å². The second kappa shape index (κ2) is 8.27. The Hall–Kier alpha value is -3.48. The Kier molecular flexibility index (Phi) is 5.61. The maximum absolute atomic E-state index is 13.1. The first kappa shape index (κ1) is 18.3. The molecule has 1 unspecified atom stereocenters. The van der Waals surface area contributed by atoms with E-state index in [0.717, 1.165) is 10.2 Å². The van der Waals surface area contributed by atoms with Crippen LogP contribution in [0.5, 0.6) is 5.88 Å². The van der Waals surface area contributed by atoms with E-state index < -0.39 is 17.5 Å². The van der Waals surface area contributed by atoms with E-state index in [2.05, 4.69) is 10.4 Å². The number of hydrogen-bond acceptors (Lipinski definition) is 4. The summed E-state index contributed by atoms with van der Waals surface area (Å²) < 4.78 is 19.7. The fraction of sp³-hybridized carbons (Fsp3) is 0.150. The Morgan fingerprint density at radius 1 is 1.11 bits per heavy atom. The lowest BCUT2D eigenvalue weighted by Gasteiger charge is -2.15. The molecule has 0 radical (unpaired) electrons. The molecule has 27 heavy (non-hydrogen) atoms. The minimum Gasteiger partial charge on any atom is -0.464 e. The van der Waals surface area contributed by atoms with Gasteiger partial charge >= 0.3 is 0 Å². The second-order valence-electron chi connectivity index (χ2n) is 5.86. The summed E-state index contributed by atoms with van der Waals surface area (Å²) in [6, 6.07) is 17.5. The Balaban J connectivity index is 1.67. The van der Waals surface area contributed by atoms with Crippen LogP contribution < -0.4 is 15.6 Å². The van der Waals surface area contributed by atoms with Gasteiger partial charge in [0.1, 0.15) is 5.82 Å². The molecular weight excluding hydrogens is 349 g/mol. The third-order valence-corrected chi connectivity index (χ3v) is 3.82. The maximum Gasteiger partial charge on any atom is 0.271 e. The van der Waals surface area contributed by atoms with Gasteiger partial charge in [0.15, 0.2) is 6.10 Å². The number of hydrogen-bond donors (Lipinski definition) is 1. The zero-order chi connectivity index (χ0) is 19.2. The van der Waals surface area contributed by atoms with Crippen molar-refractivity contribution in [3.63, 3.8) is 0 Å². The summed E-state index contributed by atoms with van der Waals surface area (Å²) in [6.45, 7) is 1.98. The van der Waals surface area contributed by atoms with Crippen molar-refractivity contribution in [2.24, 2.45) is 0 Å². The molecule has 1 amide bonds. The predicted octanol–water partition coefficient (Wildman–Crippen LogP) is 2.46. The molecule has 1 heterocycles. The summed E-state index contributed by atoms with van der Waals surface area (Å²) >= 11 is 0. The smallest absolute Gasteiger partial charge is 0.271 e.